The highest BCUT2D eigenvalue weighted by Gasteiger charge is 2.13. The summed E-state index contributed by atoms with van der Waals surface area (Å²) in [6.07, 6.45) is 4.35. The predicted molar refractivity (Wildman–Crippen MR) is 53.5 cm³/mol. The fourth-order valence-corrected chi connectivity index (χ4v) is 1.63. The molecule has 0 aliphatic heterocycles. The molecule has 13 heavy (non-hydrogen) atoms. The van der Waals surface area contributed by atoms with Crippen LogP contribution in [0.5, 0.6) is 0 Å². The van der Waals surface area contributed by atoms with E-state index in [1.54, 1.807) is 0 Å². The van der Waals surface area contributed by atoms with Crippen molar-refractivity contribution in [1.29, 1.82) is 0 Å². The lowest BCUT2D eigenvalue weighted by Crippen LogP contribution is -2.26. The van der Waals surface area contributed by atoms with E-state index in [-0.39, 0.29) is 12.5 Å². The Morgan fingerprint density at radius 1 is 1.46 bits per heavy atom. The molecule has 0 aromatic heterocycles. The van der Waals surface area contributed by atoms with Gasteiger partial charge in [0.1, 0.15) is 0 Å². The molecule has 0 aliphatic rings. The lowest BCUT2D eigenvalue weighted by atomic mass is 9.92. The van der Waals surface area contributed by atoms with Crippen LogP contribution in [-0.2, 0) is 4.79 Å². The molecule has 0 saturated carbocycles. The Balaban J connectivity index is 3.72. The van der Waals surface area contributed by atoms with E-state index in [4.69, 9.17) is 10.8 Å². The van der Waals surface area contributed by atoms with Crippen LogP contribution >= 0.6 is 0 Å². The Kier molecular flexibility index (Phi) is 6.59. The van der Waals surface area contributed by atoms with E-state index in [9.17, 15) is 4.79 Å². The molecule has 0 fully saturated rings. The summed E-state index contributed by atoms with van der Waals surface area (Å²) in [6.45, 7) is 4.28. The van der Waals surface area contributed by atoms with Crippen LogP contribution in [0.1, 0.15) is 46.0 Å². The van der Waals surface area contributed by atoms with Crippen molar-refractivity contribution in [3.8, 4) is 0 Å². The molecule has 3 N–H and O–H groups in total. The Hall–Kier alpha value is -0.570. The standard InChI is InChI=1S/C10H21NO2/c1-3-5-8(4-2)6-9(11)7-10(12)13/h8-9H,3-7,11H2,1-2H3,(H,12,13). The quantitative estimate of drug-likeness (QED) is 0.640. The number of hydrogen-bond acceptors (Lipinski definition) is 2. The average Bonchev–Trinajstić information content (AvgIpc) is 2.02. The highest BCUT2D eigenvalue weighted by Crippen LogP contribution is 2.17. The first-order valence-electron chi connectivity index (χ1n) is 5.07. The first-order valence-corrected chi connectivity index (χ1v) is 5.07. The molecule has 78 valence electrons. The number of aliphatic carboxylic acids is 1. The van der Waals surface area contributed by atoms with Crippen molar-refractivity contribution in [3.05, 3.63) is 0 Å². The zero-order valence-electron chi connectivity index (χ0n) is 8.62. The van der Waals surface area contributed by atoms with Gasteiger partial charge in [-0.15, -0.1) is 0 Å². The summed E-state index contributed by atoms with van der Waals surface area (Å²) in [6, 6.07) is -0.172. The van der Waals surface area contributed by atoms with Crippen molar-refractivity contribution in [2.75, 3.05) is 0 Å². The van der Waals surface area contributed by atoms with Crippen molar-refractivity contribution < 1.29 is 9.90 Å². The van der Waals surface area contributed by atoms with E-state index in [0.717, 1.165) is 25.7 Å². The highest BCUT2D eigenvalue weighted by molar-refractivity contribution is 5.67. The first-order chi connectivity index (χ1) is 6.10. The van der Waals surface area contributed by atoms with Gasteiger partial charge in [0, 0.05) is 6.04 Å². The molecule has 3 nitrogen and oxygen atoms in total. The minimum absolute atomic E-state index is 0.0974. The predicted octanol–water partition coefficient (Wildman–Crippen LogP) is 2.00. The van der Waals surface area contributed by atoms with Gasteiger partial charge in [-0.05, 0) is 12.3 Å². The highest BCUT2D eigenvalue weighted by atomic mass is 16.4. The second kappa shape index (κ2) is 6.89. The number of carbonyl (C=O) groups is 1. The number of carboxylic acids is 1. The molecule has 0 amide bonds. The minimum atomic E-state index is -0.793. The van der Waals surface area contributed by atoms with Gasteiger partial charge in [0.05, 0.1) is 6.42 Å². The molecule has 3 heteroatoms. The monoisotopic (exact) mass is 187 g/mol. The van der Waals surface area contributed by atoms with Crippen LogP contribution in [-0.4, -0.2) is 17.1 Å². The lowest BCUT2D eigenvalue weighted by Gasteiger charge is -2.17. The van der Waals surface area contributed by atoms with Gasteiger partial charge in [0.25, 0.3) is 0 Å². The van der Waals surface area contributed by atoms with Crippen LogP contribution in [0.25, 0.3) is 0 Å². The molecule has 0 spiro atoms. The van der Waals surface area contributed by atoms with E-state index in [1.807, 2.05) is 0 Å². The minimum Gasteiger partial charge on any atom is -0.481 e. The van der Waals surface area contributed by atoms with Gasteiger partial charge in [-0.25, -0.2) is 0 Å². The SMILES string of the molecule is CCCC(CC)CC(N)CC(=O)O. The zero-order chi connectivity index (χ0) is 10.3. The van der Waals surface area contributed by atoms with Gasteiger partial charge in [0.15, 0.2) is 0 Å². The molecule has 0 radical (unpaired) electrons. The van der Waals surface area contributed by atoms with Gasteiger partial charge < -0.3 is 10.8 Å². The molecule has 0 aromatic carbocycles. The Morgan fingerprint density at radius 3 is 2.46 bits per heavy atom. The Bertz CT molecular complexity index is 148. The number of rotatable bonds is 7. The van der Waals surface area contributed by atoms with Crippen LogP contribution in [0.2, 0.25) is 0 Å². The molecule has 0 bridgehead atoms. The van der Waals surface area contributed by atoms with Gasteiger partial charge in [0.2, 0.25) is 0 Å². The van der Waals surface area contributed by atoms with Crippen molar-refractivity contribution in [1.82, 2.24) is 0 Å². The largest absolute Gasteiger partial charge is 0.481 e. The normalized spacial score (nSPS) is 15.3. The zero-order valence-corrected chi connectivity index (χ0v) is 8.62. The Labute approximate surface area is 80.3 Å². The molecule has 0 aromatic rings. The smallest absolute Gasteiger partial charge is 0.304 e. The maximum absolute atomic E-state index is 10.4. The van der Waals surface area contributed by atoms with Crippen LogP contribution in [0, 0.1) is 5.92 Å². The summed E-state index contributed by atoms with van der Waals surface area (Å²) >= 11 is 0. The van der Waals surface area contributed by atoms with E-state index in [1.165, 1.54) is 0 Å². The Morgan fingerprint density at radius 2 is 2.08 bits per heavy atom. The fourth-order valence-electron chi connectivity index (χ4n) is 1.63. The summed E-state index contributed by atoms with van der Waals surface area (Å²) in [4.78, 5) is 10.4. The van der Waals surface area contributed by atoms with Gasteiger partial charge in [-0.1, -0.05) is 33.1 Å². The van der Waals surface area contributed by atoms with Crippen LogP contribution in [0.3, 0.4) is 0 Å². The lowest BCUT2D eigenvalue weighted by molar-refractivity contribution is -0.137. The summed E-state index contributed by atoms with van der Waals surface area (Å²) < 4.78 is 0. The van der Waals surface area contributed by atoms with E-state index < -0.39 is 5.97 Å². The van der Waals surface area contributed by atoms with E-state index >= 15 is 0 Å². The second-order valence-corrected chi connectivity index (χ2v) is 3.66. The molecule has 0 aliphatic carbocycles. The third kappa shape index (κ3) is 6.58. The first kappa shape index (κ1) is 12.4. The second-order valence-electron chi connectivity index (χ2n) is 3.66. The summed E-state index contributed by atoms with van der Waals surface area (Å²) in [5, 5.41) is 8.52. The van der Waals surface area contributed by atoms with Crippen molar-refractivity contribution in [2.45, 2.75) is 52.0 Å². The fraction of sp³-hybridized carbons (Fsp3) is 0.900. The van der Waals surface area contributed by atoms with Crippen LogP contribution in [0.4, 0.5) is 0 Å². The van der Waals surface area contributed by atoms with Gasteiger partial charge in [-0.3, -0.25) is 4.79 Å². The number of hydrogen-bond donors (Lipinski definition) is 2. The van der Waals surface area contributed by atoms with Gasteiger partial charge in [-0.2, -0.15) is 0 Å². The maximum atomic E-state index is 10.4. The molecule has 2 unspecified atom stereocenters. The summed E-state index contributed by atoms with van der Waals surface area (Å²) in [7, 11) is 0. The maximum Gasteiger partial charge on any atom is 0.304 e. The molecular weight excluding hydrogens is 166 g/mol. The molecule has 0 rings (SSSR count). The van der Waals surface area contributed by atoms with Crippen molar-refractivity contribution in [2.24, 2.45) is 11.7 Å². The summed E-state index contributed by atoms with van der Waals surface area (Å²) in [5.41, 5.74) is 5.70. The van der Waals surface area contributed by atoms with Crippen molar-refractivity contribution >= 4 is 5.97 Å². The number of carboxylic acid groups (broad SMARTS) is 1. The van der Waals surface area contributed by atoms with Crippen LogP contribution < -0.4 is 5.73 Å². The molecular formula is C10H21NO2. The third-order valence-corrected chi connectivity index (χ3v) is 2.35. The molecule has 0 heterocycles. The molecule has 0 saturated heterocycles. The van der Waals surface area contributed by atoms with E-state index in [0.29, 0.717) is 5.92 Å². The third-order valence-electron chi connectivity index (χ3n) is 2.35. The topological polar surface area (TPSA) is 63.3 Å². The summed E-state index contributed by atoms with van der Waals surface area (Å²) in [5.74, 6) is -0.196. The average molecular weight is 187 g/mol. The van der Waals surface area contributed by atoms with Crippen molar-refractivity contribution in [3.63, 3.8) is 0 Å². The molecule has 2 atom stereocenters. The van der Waals surface area contributed by atoms with Crippen LogP contribution in [0.15, 0.2) is 0 Å². The van der Waals surface area contributed by atoms with E-state index in [2.05, 4.69) is 13.8 Å². The van der Waals surface area contributed by atoms with Gasteiger partial charge >= 0.3 is 5.97 Å². The number of nitrogens with two attached hydrogens (primary N) is 1.